The summed E-state index contributed by atoms with van der Waals surface area (Å²) in [6, 6.07) is 2.29. The zero-order valence-electron chi connectivity index (χ0n) is 14.1. The van der Waals surface area contributed by atoms with Crippen LogP contribution in [-0.4, -0.2) is 50.3 Å². The Morgan fingerprint density at radius 1 is 1.54 bits per heavy atom. The molecule has 26 heavy (non-hydrogen) atoms. The van der Waals surface area contributed by atoms with Crippen molar-refractivity contribution in [3.63, 3.8) is 0 Å². The van der Waals surface area contributed by atoms with Crippen molar-refractivity contribution in [2.75, 3.05) is 24.7 Å². The van der Waals surface area contributed by atoms with Crippen LogP contribution in [0.1, 0.15) is 25.5 Å². The number of halogens is 2. The summed E-state index contributed by atoms with van der Waals surface area (Å²) in [4.78, 5) is 19.4. The van der Waals surface area contributed by atoms with Crippen LogP contribution in [0.25, 0.3) is 0 Å². The fourth-order valence-electron chi connectivity index (χ4n) is 3.49. The molecular formula is C15H21F2N5O3S. The van der Waals surface area contributed by atoms with E-state index in [0.29, 0.717) is 19.4 Å². The highest BCUT2D eigenvalue weighted by molar-refractivity contribution is 8.29. The van der Waals surface area contributed by atoms with Crippen LogP contribution in [0.15, 0.2) is 17.1 Å². The van der Waals surface area contributed by atoms with Gasteiger partial charge in [-0.25, -0.2) is 18.6 Å². The van der Waals surface area contributed by atoms with Gasteiger partial charge in [0.2, 0.25) is 0 Å². The summed E-state index contributed by atoms with van der Waals surface area (Å²) in [7, 11) is -2.77. The summed E-state index contributed by atoms with van der Waals surface area (Å²) >= 11 is 0. The molecule has 3 rings (SSSR count). The van der Waals surface area contributed by atoms with Crippen LogP contribution >= 0.6 is 10.5 Å². The number of aromatic nitrogens is 1. The Hall–Kier alpha value is -1.98. The number of nitrogen functional groups attached to an aromatic ring is 1. The quantitative estimate of drug-likeness (QED) is 0.525. The van der Waals surface area contributed by atoms with Gasteiger partial charge in [-0.05, 0) is 31.9 Å². The highest BCUT2D eigenvalue weighted by atomic mass is 32.3. The van der Waals surface area contributed by atoms with Crippen LogP contribution in [0.2, 0.25) is 0 Å². The van der Waals surface area contributed by atoms with Gasteiger partial charge in [0.1, 0.15) is 35.4 Å². The molecule has 3 atom stereocenters. The highest BCUT2D eigenvalue weighted by Crippen LogP contribution is 2.62. The number of carbonyl (C=O) groups is 1. The fraction of sp³-hybridized carbons (Fsp3) is 0.533. The van der Waals surface area contributed by atoms with Crippen LogP contribution in [0, 0.1) is 5.82 Å². The van der Waals surface area contributed by atoms with Gasteiger partial charge in [0.05, 0.1) is 4.75 Å². The van der Waals surface area contributed by atoms with E-state index >= 15 is 0 Å². The van der Waals surface area contributed by atoms with E-state index in [0.717, 1.165) is 6.07 Å². The normalized spacial score (nSPS) is 33.9. The Bertz CT molecular complexity index is 782. The minimum absolute atomic E-state index is 0.0240. The Labute approximate surface area is 150 Å². The number of anilines is 1. The number of aliphatic imine (C=N–C) groups is 1. The average Bonchev–Trinajstić information content (AvgIpc) is 2.57. The van der Waals surface area contributed by atoms with Crippen molar-refractivity contribution < 1.29 is 23.2 Å². The van der Waals surface area contributed by atoms with Gasteiger partial charge in [0, 0.05) is 12.3 Å². The third-order valence-electron chi connectivity index (χ3n) is 4.95. The van der Waals surface area contributed by atoms with Crippen molar-refractivity contribution in [3.8, 4) is 0 Å². The molecule has 6 N–H and O–H groups in total. The maximum atomic E-state index is 14.4. The van der Waals surface area contributed by atoms with Crippen LogP contribution in [0.4, 0.5) is 19.4 Å². The number of rotatable bonds is 2. The summed E-state index contributed by atoms with van der Waals surface area (Å²) in [5.74, 6) is -1.17. The van der Waals surface area contributed by atoms with Crippen LogP contribution < -0.4 is 15.8 Å². The summed E-state index contributed by atoms with van der Waals surface area (Å²) in [5, 5.41) is 11.4. The van der Waals surface area contributed by atoms with Gasteiger partial charge in [-0.15, -0.1) is 0 Å². The number of hydrogen-bond donors (Lipinski definition) is 5. The number of nitrogens with one attached hydrogen (secondary N) is 2. The third kappa shape index (κ3) is 2.79. The number of alkyl halides is 1. The van der Waals surface area contributed by atoms with Crippen molar-refractivity contribution in [1.82, 2.24) is 15.0 Å². The third-order valence-corrected chi connectivity index (χ3v) is 8.41. The molecule has 1 aromatic heterocycles. The average molecular weight is 389 g/mol. The lowest BCUT2D eigenvalue weighted by Gasteiger charge is -2.58. The van der Waals surface area contributed by atoms with Crippen molar-refractivity contribution in [2.24, 2.45) is 4.99 Å². The van der Waals surface area contributed by atoms with Gasteiger partial charge >= 0.3 is 6.09 Å². The Balaban J connectivity index is 2.24. The molecule has 2 aliphatic heterocycles. The Morgan fingerprint density at radius 3 is 2.92 bits per heavy atom. The molecule has 0 aromatic carbocycles. The topological polar surface area (TPSA) is 133 Å². The van der Waals surface area contributed by atoms with Gasteiger partial charge in [-0.3, -0.25) is 15.0 Å². The lowest BCUT2D eigenvalue weighted by molar-refractivity contribution is 0.199. The molecule has 11 heteroatoms. The molecule has 3 heterocycles. The number of nitrogens with zero attached hydrogens (tertiary/aromatic N) is 2. The summed E-state index contributed by atoms with van der Waals surface area (Å²) in [5.41, 5.74) is 3.41. The van der Waals surface area contributed by atoms with Crippen LogP contribution in [0.5, 0.6) is 0 Å². The first kappa shape index (κ1) is 18.8. The minimum atomic E-state index is -2.77. The molecule has 2 aliphatic rings. The fourth-order valence-corrected chi connectivity index (χ4v) is 6.58. The summed E-state index contributed by atoms with van der Waals surface area (Å²) < 4.78 is 42.0. The second-order valence-corrected chi connectivity index (χ2v) is 9.58. The van der Waals surface area contributed by atoms with Crippen LogP contribution in [0.3, 0.4) is 0 Å². The van der Waals surface area contributed by atoms with Gasteiger partial charge in [-0.2, -0.15) is 0 Å². The van der Waals surface area contributed by atoms with E-state index in [1.165, 1.54) is 6.07 Å². The predicted octanol–water partition coefficient (Wildman–Crippen LogP) is 1.98. The van der Waals surface area contributed by atoms with E-state index in [1.54, 1.807) is 6.92 Å². The van der Waals surface area contributed by atoms with Crippen molar-refractivity contribution in [2.45, 2.75) is 30.1 Å². The molecule has 0 bridgehead atoms. The molecule has 8 nitrogen and oxygen atoms in total. The molecule has 0 aliphatic carbocycles. The molecule has 1 fully saturated rings. The van der Waals surface area contributed by atoms with E-state index in [4.69, 9.17) is 5.73 Å². The number of pyridine rings is 1. The maximum Gasteiger partial charge on any atom is 0.410 e. The number of carboxylic acid groups (broad SMARTS) is 1. The van der Waals surface area contributed by atoms with Gasteiger partial charge < -0.3 is 15.4 Å². The lowest BCUT2D eigenvalue weighted by atomic mass is 9.95. The number of nitrogens with two attached hydrogens (primary N) is 1. The van der Waals surface area contributed by atoms with Crippen molar-refractivity contribution in [1.29, 1.82) is 0 Å². The first-order valence-corrected chi connectivity index (χ1v) is 9.78. The molecule has 0 spiro atoms. The van der Waals surface area contributed by atoms with Crippen molar-refractivity contribution >= 4 is 28.2 Å². The highest BCUT2D eigenvalue weighted by Gasteiger charge is 2.58. The predicted molar refractivity (Wildman–Crippen MR) is 95.6 cm³/mol. The number of amidine groups is 1. The standard InChI is InChI=1S/C15H21F2N5O3S/c1-14-5-2-6-19-26(14,25)8-15(7-16,22-12(14)21-13(23)24)11-9(17)3-4-10(18)20-11/h3-4,19,25H,2,5-8H2,1H3,(H2,18,20)(H,21,22)(H,23,24)/t14-,15+/m1/s1. The summed E-state index contributed by atoms with van der Waals surface area (Å²) in [6.45, 7) is 0.990. The first-order valence-electron chi connectivity index (χ1n) is 8.02. The van der Waals surface area contributed by atoms with Gasteiger partial charge in [0.15, 0.2) is 0 Å². The maximum absolute atomic E-state index is 14.4. The van der Waals surface area contributed by atoms with E-state index in [2.05, 4.69) is 20.0 Å². The van der Waals surface area contributed by atoms with E-state index in [-0.39, 0.29) is 23.1 Å². The number of fused-ring (bicyclic) bond motifs is 1. The lowest BCUT2D eigenvalue weighted by Crippen LogP contribution is -2.62. The number of hydrogen-bond acceptors (Lipinski definition) is 6. The first-order chi connectivity index (χ1) is 12.2. The van der Waals surface area contributed by atoms with E-state index < -0.39 is 39.4 Å². The van der Waals surface area contributed by atoms with E-state index in [9.17, 15) is 23.2 Å². The zero-order chi connectivity index (χ0) is 19.2. The monoisotopic (exact) mass is 389 g/mol. The molecule has 1 aromatic rings. The SMILES string of the molecule is C[C@]12CCCN[S@]1(O)C[C@@](CF)(c1nc(N)ccc1F)N=C2NC(=O)O. The summed E-state index contributed by atoms with van der Waals surface area (Å²) in [6.07, 6.45) is -0.257. The Morgan fingerprint density at radius 2 is 2.27 bits per heavy atom. The van der Waals surface area contributed by atoms with Crippen molar-refractivity contribution in [3.05, 3.63) is 23.6 Å². The van der Waals surface area contributed by atoms with Gasteiger partial charge in [0.25, 0.3) is 0 Å². The molecule has 0 unspecified atom stereocenters. The second-order valence-electron chi connectivity index (χ2n) is 6.70. The molecule has 144 valence electrons. The molecule has 0 saturated carbocycles. The van der Waals surface area contributed by atoms with E-state index in [1.807, 2.05) is 0 Å². The Kier molecular flexibility index (Phi) is 4.57. The largest absolute Gasteiger partial charge is 0.465 e. The number of amides is 1. The molecular weight excluding hydrogens is 368 g/mol. The second kappa shape index (κ2) is 6.32. The molecule has 1 amide bonds. The van der Waals surface area contributed by atoms with Crippen LogP contribution in [-0.2, 0) is 5.54 Å². The molecule has 1 saturated heterocycles. The zero-order valence-corrected chi connectivity index (χ0v) is 14.9. The molecule has 0 radical (unpaired) electrons. The smallest absolute Gasteiger partial charge is 0.410 e. The minimum Gasteiger partial charge on any atom is -0.465 e. The van der Waals surface area contributed by atoms with Gasteiger partial charge in [-0.1, -0.05) is 10.5 Å².